The van der Waals surface area contributed by atoms with Gasteiger partial charge in [0.2, 0.25) is 5.91 Å². The fourth-order valence-electron chi connectivity index (χ4n) is 1.42. The van der Waals surface area contributed by atoms with Crippen molar-refractivity contribution in [3.63, 3.8) is 0 Å². The number of rotatable bonds is 6. The van der Waals surface area contributed by atoms with Crippen LogP contribution in [0.4, 0.5) is 0 Å². The Bertz CT molecular complexity index is 332. The summed E-state index contributed by atoms with van der Waals surface area (Å²) in [6, 6.07) is 0. The summed E-state index contributed by atoms with van der Waals surface area (Å²) in [5.74, 6) is -1.17. The lowest BCUT2D eigenvalue weighted by Gasteiger charge is -2.20. The Labute approximate surface area is 102 Å². The number of hydrogen-bond donors (Lipinski definition) is 2. The van der Waals surface area contributed by atoms with E-state index in [0.717, 1.165) is 12.5 Å². The third-order valence-corrected chi connectivity index (χ3v) is 2.55. The van der Waals surface area contributed by atoms with Crippen LogP contribution in [0.25, 0.3) is 0 Å². The van der Waals surface area contributed by atoms with Crippen molar-refractivity contribution in [3.8, 4) is 0 Å². The molecule has 0 rings (SSSR count). The van der Waals surface area contributed by atoms with Crippen molar-refractivity contribution in [2.75, 3.05) is 0 Å². The van der Waals surface area contributed by atoms with Gasteiger partial charge in [0, 0.05) is 24.6 Å². The molecule has 0 heterocycles. The van der Waals surface area contributed by atoms with Gasteiger partial charge >= 0.3 is 5.97 Å². The minimum absolute atomic E-state index is 0.0437. The molecule has 0 aromatic heterocycles. The van der Waals surface area contributed by atoms with Crippen LogP contribution < -0.4 is 5.32 Å². The molecule has 0 spiro atoms. The van der Waals surface area contributed by atoms with Crippen molar-refractivity contribution in [2.45, 2.75) is 34.1 Å². The van der Waals surface area contributed by atoms with Gasteiger partial charge in [-0.1, -0.05) is 32.9 Å². The maximum Gasteiger partial charge on any atom is 0.330 e. The summed E-state index contributed by atoms with van der Waals surface area (Å²) in [5, 5.41) is 11.3. The first-order valence-corrected chi connectivity index (χ1v) is 5.77. The average molecular weight is 239 g/mol. The molecule has 0 radical (unpaired) electrons. The Morgan fingerprint density at radius 3 is 2.35 bits per heavy atom. The number of amides is 1. The second kappa shape index (κ2) is 7.65. The zero-order valence-corrected chi connectivity index (χ0v) is 10.9. The number of carboxylic acids is 1. The zero-order chi connectivity index (χ0) is 13.4. The highest BCUT2D eigenvalue weighted by molar-refractivity contribution is 5.83. The van der Waals surface area contributed by atoms with E-state index in [2.05, 4.69) is 5.32 Å². The van der Waals surface area contributed by atoms with Gasteiger partial charge in [-0.05, 0) is 12.3 Å². The maximum atomic E-state index is 11.0. The Morgan fingerprint density at radius 1 is 1.35 bits per heavy atom. The second-order valence-corrected chi connectivity index (χ2v) is 4.10. The summed E-state index contributed by atoms with van der Waals surface area (Å²) in [7, 11) is 0. The summed E-state index contributed by atoms with van der Waals surface area (Å²) in [4.78, 5) is 21.7. The van der Waals surface area contributed by atoms with E-state index in [9.17, 15) is 9.59 Å². The SMILES string of the molecule is CC/C=C/[C@@H](C)[C@H](C)/C(=C/C(=O)O)NC(C)=O. The van der Waals surface area contributed by atoms with E-state index in [4.69, 9.17) is 5.11 Å². The largest absolute Gasteiger partial charge is 0.478 e. The molecule has 2 N–H and O–H groups in total. The molecule has 4 heteroatoms. The molecule has 96 valence electrons. The van der Waals surface area contributed by atoms with E-state index in [1.807, 2.05) is 32.9 Å². The summed E-state index contributed by atoms with van der Waals surface area (Å²) in [6.45, 7) is 7.30. The summed E-state index contributed by atoms with van der Waals surface area (Å²) < 4.78 is 0. The maximum absolute atomic E-state index is 11.0. The zero-order valence-electron chi connectivity index (χ0n) is 10.9. The van der Waals surface area contributed by atoms with E-state index in [1.54, 1.807) is 0 Å². The van der Waals surface area contributed by atoms with Crippen molar-refractivity contribution in [1.29, 1.82) is 0 Å². The van der Waals surface area contributed by atoms with Crippen LogP contribution in [0.2, 0.25) is 0 Å². The van der Waals surface area contributed by atoms with Crippen molar-refractivity contribution < 1.29 is 14.7 Å². The van der Waals surface area contributed by atoms with Crippen molar-refractivity contribution in [1.82, 2.24) is 5.32 Å². The quantitative estimate of drug-likeness (QED) is 0.552. The average Bonchev–Trinajstić information content (AvgIpc) is 2.22. The monoisotopic (exact) mass is 239 g/mol. The minimum atomic E-state index is -1.05. The molecular weight excluding hydrogens is 218 g/mol. The van der Waals surface area contributed by atoms with Gasteiger partial charge in [0.25, 0.3) is 0 Å². The molecule has 2 atom stereocenters. The summed E-state index contributed by atoms with van der Waals surface area (Å²) in [5.41, 5.74) is 0.443. The highest BCUT2D eigenvalue weighted by atomic mass is 16.4. The third-order valence-electron chi connectivity index (χ3n) is 2.55. The molecular formula is C13H21NO3. The second-order valence-electron chi connectivity index (χ2n) is 4.10. The van der Waals surface area contributed by atoms with E-state index in [1.165, 1.54) is 6.92 Å². The van der Waals surface area contributed by atoms with Crippen molar-refractivity contribution in [2.24, 2.45) is 11.8 Å². The van der Waals surface area contributed by atoms with Gasteiger partial charge in [0.15, 0.2) is 0 Å². The van der Waals surface area contributed by atoms with Crippen LogP contribution in [-0.2, 0) is 9.59 Å². The van der Waals surface area contributed by atoms with Crippen LogP contribution >= 0.6 is 0 Å². The topological polar surface area (TPSA) is 66.4 Å². The third kappa shape index (κ3) is 6.56. The number of aliphatic carboxylic acids is 1. The highest BCUT2D eigenvalue weighted by Crippen LogP contribution is 2.19. The van der Waals surface area contributed by atoms with Crippen LogP contribution in [0, 0.1) is 11.8 Å². The predicted octanol–water partition coefficient (Wildman–Crippen LogP) is 2.33. The molecule has 1 amide bonds. The normalized spacial score (nSPS) is 15.6. The van der Waals surface area contributed by atoms with Crippen molar-refractivity contribution in [3.05, 3.63) is 23.9 Å². The summed E-state index contributed by atoms with van der Waals surface area (Å²) in [6.07, 6.45) is 6.06. The molecule has 0 aliphatic rings. The molecule has 0 aromatic carbocycles. The first-order valence-electron chi connectivity index (χ1n) is 5.77. The fraction of sp³-hybridized carbons (Fsp3) is 0.538. The van der Waals surface area contributed by atoms with E-state index in [0.29, 0.717) is 5.70 Å². The molecule has 0 saturated heterocycles. The van der Waals surface area contributed by atoms with Gasteiger partial charge in [-0.15, -0.1) is 0 Å². The Morgan fingerprint density at radius 2 is 1.94 bits per heavy atom. The molecule has 17 heavy (non-hydrogen) atoms. The van der Waals surface area contributed by atoms with E-state index >= 15 is 0 Å². The van der Waals surface area contributed by atoms with Gasteiger partial charge in [-0.3, -0.25) is 4.79 Å². The lowest BCUT2D eigenvalue weighted by molar-refractivity contribution is -0.131. The summed E-state index contributed by atoms with van der Waals surface area (Å²) >= 11 is 0. The van der Waals surface area contributed by atoms with E-state index < -0.39 is 5.97 Å². The van der Waals surface area contributed by atoms with Gasteiger partial charge < -0.3 is 10.4 Å². The van der Waals surface area contributed by atoms with Crippen LogP contribution in [0.15, 0.2) is 23.9 Å². The molecule has 0 aliphatic carbocycles. The van der Waals surface area contributed by atoms with Gasteiger partial charge in [0.05, 0.1) is 0 Å². The Hall–Kier alpha value is -1.58. The number of allylic oxidation sites excluding steroid dienone is 3. The van der Waals surface area contributed by atoms with Crippen LogP contribution in [0.1, 0.15) is 34.1 Å². The number of carbonyl (C=O) groups is 2. The molecule has 0 unspecified atom stereocenters. The minimum Gasteiger partial charge on any atom is -0.478 e. The number of carboxylic acid groups (broad SMARTS) is 1. The van der Waals surface area contributed by atoms with Crippen molar-refractivity contribution >= 4 is 11.9 Å². The van der Waals surface area contributed by atoms with E-state index in [-0.39, 0.29) is 17.7 Å². The number of hydrogen-bond acceptors (Lipinski definition) is 2. The predicted molar refractivity (Wildman–Crippen MR) is 67.3 cm³/mol. The molecule has 0 aromatic rings. The standard InChI is InChI=1S/C13H21NO3/c1-5-6-7-9(2)10(3)12(8-13(16)17)14-11(4)15/h6-10H,5H2,1-4H3,(H,14,15)(H,16,17)/b7-6+,12-8-/t9-,10+/m1/s1. The molecule has 0 bridgehead atoms. The smallest absolute Gasteiger partial charge is 0.330 e. The van der Waals surface area contributed by atoms with Gasteiger partial charge in [0.1, 0.15) is 0 Å². The van der Waals surface area contributed by atoms with Gasteiger partial charge in [-0.2, -0.15) is 0 Å². The Balaban J connectivity index is 4.85. The molecule has 0 saturated carbocycles. The number of carbonyl (C=O) groups excluding carboxylic acids is 1. The number of nitrogens with one attached hydrogen (secondary N) is 1. The first kappa shape index (κ1) is 15.4. The van der Waals surface area contributed by atoms with Crippen LogP contribution in [0.3, 0.4) is 0 Å². The molecule has 0 aliphatic heterocycles. The van der Waals surface area contributed by atoms with Gasteiger partial charge in [-0.25, -0.2) is 4.79 Å². The highest BCUT2D eigenvalue weighted by Gasteiger charge is 2.16. The fourth-order valence-corrected chi connectivity index (χ4v) is 1.42. The first-order chi connectivity index (χ1) is 7.88. The van der Waals surface area contributed by atoms with Crippen LogP contribution in [-0.4, -0.2) is 17.0 Å². The lowest BCUT2D eigenvalue weighted by Crippen LogP contribution is -2.27. The molecule has 0 fully saturated rings. The lowest BCUT2D eigenvalue weighted by atomic mass is 9.91. The van der Waals surface area contributed by atoms with Crippen LogP contribution in [0.5, 0.6) is 0 Å². The Kier molecular flexibility index (Phi) is 6.94. The molecule has 4 nitrogen and oxygen atoms in total.